The Hall–Kier alpha value is -3.10. The van der Waals surface area contributed by atoms with Crippen LogP contribution in [0.5, 0.6) is 0 Å². The zero-order valence-corrected chi connectivity index (χ0v) is 14.7. The van der Waals surface area contributed by atoms with Crippen molar-refractivity contribution in [3.63, 3.8) is 0 Å². The summed E-state index contributed by atoms with van der Waals surface area (Å²) in [6.07, 6.45) is -0.806. The van der Waals surface area contributed by atoms with E-state index in [-0.39, 0.29) is 10.1 Å². The fraction of sp³-hybridized carbons (Fsp3) is 0.111. The van der Waals surface area contributed by atoms with Gasteiger partial charge >= 0.3 is 0 Å². The smallest absolute Gasteiger partial charge is 0.259 e. The highest BCUT2D eigenvalue weighted by atomic mass is 32.1. The predicted molar refractivity (Wildman–Crippen MR) is 103 cm³/mol. The molecule has 0 aliphatic carbocycles. The van der Waals surface area contributed by atoms with Crippen molar-refractivity contribution in [1.29, 1.82) is 0 Å². The lowest BCUT2D eigenvalue weighted by Crippen LogP contribution is -2.19. The highest BCUT2D eigenvalue weighted by Crippen LogP contribution is 2.38. The second-order valence-corrected chi connectivity index (χ2v) is 6.43. The predicted octanol–water partition coefficient (Wildman–Crippen LogP) is 4.21. The van der Waals surface area contributed by atoms with Crippen LogP contribution in [0.3, 0.4) is 0 Å². The molecular weight excluding hydrogens is 352 g/mol. The number of hydrogen-bond donors (Lipinski definition) is 3. The maximum atomic E-state index is 12.6. The molecule has 1 aromatic heterocycles. The number of hydrogen-bond acceptors (Lipinski definition) is 7. The standard InChI is InChI=1S/C18H16N4O3S/c1-11(23)19-14-10-6-5-9-13(14)16(24)21-18-20-15(17(22-25)26-18)12-7-3-2-4-8-12/h2-11,19,23H,1H3,(H,20,21,24). The van der Waals surface area contributed by atoms with Crippen molar-refractivity contribution in [3.8, 4) is 11.3 Å². The number of aliphatic hydroxyl groups excluding tert-OH is 1. The zero-order chi connectivity index (χ0) is 18.5. The zero-order valence-electron chi connectivity index (χ0n) is 13.8. The summed E-state index contributed by atoms with van der Waals surface area (Å²) >= 11 is 1.01. The van der Waals surface area contributed by atoms with E-state index >= 15 is 0 Å². The van der Waals surface area contributed by atoms with Gasteiger partial charge in [-0.3, -0.25) is 10.1 Å². The number of rotatable bonds is 6. The van der Waals surface area contributed by atoms with Crippen LogP contribution in [0.25, 0.3) is 11.3 Å². The van der Waals surface area contributed by atoms with Crippen LogP contribution in [-0.2, 0) is 0 Å². The number of thiazole rings is 1. The molecule has 7 nitrogen and oxygen atoms in total. The minimum absolute atomic E-state index is 0.196. The number of aromatic nitrogens is 1. The largest absolute Gasteiger partial charge is 0.374 e. The molecule has 1 amide bonds. The van der Waals surface area contributed by atoms with Gasteiger partial charge in [-0.1, -0.05) is 53.8 Å². The number of anilines is 2. The molecule has 8 heteroatoms. The third-order valence-electron chi connectivity index (χ3n) is 3.50. The van der Waals surface area contributed by atoms with Gasteiger partial charge in [0.1, 0.15) is 11.9 Å². The van der Waals surface area contributed by atoms with Crippen LogP contribution in [0.4, 0.5) is 15.8 Å². The second kappa shape index (κ2) is 7.85. The average molecular weight is 368 g/mol. The van der Waals surface area contributed by atoms with Crippen LogP contribution in [0.2, 0.25) is 0 Å². The molecule has 3 rings (SSSR count). The molecule has 2 aromatic carbocycles. The first kappa shape index (κ1) is 17.7. The van der Waals surface area contributed by atoms with E-state index in [0.29, 0.717) is 16.9 Å². The van der Waals surface area contributed by atoms with Gasteiger partial charge < -0.3 is 10.4 Å². The molecule has 132 valence electrons. The molecule has 3 aromatic rings. The van der Waals surface area contributed by atoms with E-state index in [4.69, 9.17) is 0 Å². The summed E-state index contributed by atoms with van der Waals surface area (Å²) in [5.74, 6) is -0.403. The number of benzene rings is 2. The average Bonchev–Trinajstić information content (AvgIpc) is 3.05. The minimum Gasteiger partial charge on any atom is -0.374 e. The fourth-order valence-corrected chi connectivity index (χ4v) is 3.17. The third-order valence-corrected chi connectivity index (χ3v) is 4.34. The van der Waals surface area contributed by atoms with Crippen LogP contribution >= 0.6 is 11.3 Å². The Bertz CT molecular complexity index is 925. The van der Waals surface area contributed by atoms with E-state index in [9.17, 15) is 14.8 Å². The summed E-state index contributed by atoms with van der Waals surface area (Å²) in [4.78, 5) is 28.0. The number of aliphatic hydroxyl groups is 1. The molecule has 0 aliphatic heterocycles. The first-order chi connectivity index (χ1) is 12.6. The van der Waals surface area contributed by atoms with Crippen molar-refractivity contribution in [1.82, 2.24) is 4.98 Å². The van der Waals surface area contributed by atoms with Gasteiger partial charge in [0.15, 0.2) is 10.1 Å². The lowest BCUT2D eigenvalue weighted by molar-refractivity contribution is 0.102. The lowest BCUT2D eigenvalue weighted by atomic mass is 10.1. The summed E-state index contributed by atoms with van der Waals surface area (Å²) < 4.78 is 0. The van der Waals surface area contributed by atoms with Crippen molar-refractivity contribution < 1.29 is 9.90 Å². The molecule has 1 atom stereocenters. The molecule has 1 unspecified atom stereocenters. The molecule has 0 spiro atoms. The second-order valence-electron chi connectivity index (χ2n) is 5.45. The molecular formula is C18H16N4O3S. The highest BCUT2D eigenvalue weighted by Gasteiger charge is 2.18. The Balaban J connectivity index is 1.87. The molecule has 0 saturated heterocycles. The number of amides is 1. The van der Waals surface area contributed by atoms with Crippen LogP contribution in [-0.4, -0.2) is 22.2 Å². The normalized spacial score (nSPS) is 11.6. The van der Waals surface area contributed by atoms with E-state index in [1.54, 1.807) is 31.2 Å². The monoisotopic (exact) mass is 368 g/mol. The number of carbonyl (C=O) groups is 1. The molecule has 0 fully saturated rings. The van der Waals surface area contributed by atoms with E-state index < -0.39 is 12.1 Å². The first-order valence-electron chi connectivity index (χ1n) is 7.83. The Labute approximate surface area is 153 Å². The van der Waals surface area contributed by atoms with Crippen LogP contribution in [0.1, 0.15) is 17.3 Å². The lowest BCUT2D eigenvalue weighted by Gasteiger charge is -2.13. The van der Waals surface area contributed by atoms with Crippen LogP contribution < -0.4 is 10.6 Å². The SMILES string of the molecule is CC(O)Nc1ccccc1C(=O)Nc1nc(-c2ccccc2)c(N=O)s1. The number of para-hydroxylation sites is 1. The van der Waals surface area contributed by atoms with Gasteiger partial charge in [0, 0.05) is 11.3 Å². The number of nitrogens with zero attached hydrogens (tertiary/aromatic N) is 2. The van der Waals surface area contributed by atoms with E-state index in [1.165, 1.54) is 0 Å². The molecule has 0 aliphatic rings. The molecule has 26 heavy (non-hydrogen) atoms. The Morgan fingerprint density at radius 2 is 1.85 bits per heavy atom. The molecule has 3 N–H and O–H groups in total. The number of carbonyl (C=O) groups excluding carboxylic acids is 1. The number of nitroso groups, excluding NO2 is 1. The summed E-state index contributed by atoms with van der Waals surface area (Å²) in [5.41, 5.74) is 2.02. The molecule has 1 heterocycles. The fourth-order valence-electron chi connectivity index (χ4n) is 2.41. The first-order valence-corrected chi connectivity index (χ1v) is 8.64. The van der Waals surface area contributed by atoms with Crippen LogP contribution in [0.15, 0.2) is 59.8 Å². The Morgan fingerprint density at radius 3 is 2.54 bits per heavy atom. The summed E-state index contributed by atoms with van der Waals surface area (Å²) in [6.45, 7) is 1.56. The molecule has 0 radical (unpaired) electrons. The molecule has 0 saturated carbocycles. The van der Waals surface area contributed by atoms with Gasteiger partial charge in [-0.25, -0.2) is 4.98 Å². The maximum Gasteiger partial charge on any atom is 0.259 e. The van der Waals surface area contributed by atoms with E-state index in [1.807, 2.05) is 30.3 Å². The van der Waals surface area contributed by atoms with Crippen LogP contribution in [0, 0.1) is 4.91 Å². The summed E-state index contributed by atoms with van der Waals surface area (Å²) in [5, 5.41) is 18.5. The van der Waals surface area contributed by atoms with Gasteiger partial charge in [-0.15, -0.1) is 4.91 Å². The maximum absolute atomic E-state index is 12.6. The quantitative estimate of drug-likeness (QED) is 0.447. The van der Waals surface area contributed by atoms with Crippen molar-refractivity contribution in [2.75, 3.05) is 10.6 Å². The van der Waals surface area contributed by atoms with E-state index in [2.05, 4.69) is 20.8 Å². The van der Waals surface area contributed by atoms with Crippen molar-refractivity contribution >= 4 is 33.1 Å². The third kappa shape index (κ3) is 3.93. The summed E-state index contributed by atoms with van der Waals surface area (Å²) in [7, 11) is 0. The molecule has 0 bridgehead atoms. The van der Waals surface area contributed by atoms with Crippen molar-refractivity contribution in [2.24, 2.45) is 5.18 Å². The van der Waals surface area contributed by atoms with Crippen molar-refractivity contribution in [3.05, 3.63) is 65.1 Å². The topological polar surface area (TPSA) is 104 Å². The Kier molecular flexibility index (Phi) is 5.35. The van der Waals surface area contributed by atoms with Gasteiger partial charge in [0.05, 0.1) is 5.56 Å². The number of nitrogens with one attached hydrogen (secondary N) is 2. The highest BCUT2D eigenvalue weighted by molar-refractivity contribution is 7.19. The minimum atomic E-state index is -0.806. The van der Waals surface area contributed by atoms with E-state index in [0.717, 1.165) is 16.9 Å². The van der Waals surface area contributed by atoms with Crippen molar-refractivity contribution in [2.45, 2.75) is 13.2 Å². The van der Waals surface area contributed by atoms with Gasteiger partial charge in [-0.05, 0) is 24.2 Å². The van der Waals surface area contributed by atoms with Gasteiger partial charge in [0.25, 0.3) is 5.91 Å². The van der Waals surface area contributed by atoms with Gasteiger partial charge in [-0.2, -0.15) is 0 Å². The Morgan fingerprint density at radius 1 is 1.15 bits per heavy atom. The summed E-state index contributed by atoms with van der Waals surface area (Å²) in [6, 6.07) is 16.0. The van der Waals surface area contributed by atoms with Gasteiger partial charge in [0.2, 0.25) is 0 Å².